The first-order valence-electron chi connectivity index (χ1n) is 8.93. The highest BCUT2D eigenvalue weighted by molar-refractivity contribution is 7.89. The summed E-state index contributed by atoms with van der Waals surface area (Å²) >= 11 is 0. The lowest BCUT2D eigenvalue weighted by atomic mass is 10.1. The van der Waals surface area contributed by atoms with Gasteiger partial charge in [-0.1, -0.05) is 0 Å². The third-order valence-electron chi connectivity index (χ3n) is 4.64. The van der Waals surface area contributed by atoms with Crippen LogP contribution >= 0.6 is 0 Å². The van der Waals surface area contributed by atoms with Crippen molar-refractivity contribution in [2.45, 2.75) is 57.6 Å². The third-order valence-corrected chi connectivity index (χ3v) is 6.76. The molecule has 0 aromatic carbocycles. The van der Waals surface area contributed by atoms with E-state index in [4.69, 9.17) is 4.74 Å². The van der Waals surface area contributed by atoms with Crippen LogP contribution in [0.25, 0.3) is 0 Å². The zero-order chi connectivity index (χ0) is 18.9. The van der Waals surface area contributed by atoms with E-state index in [-0.39, 0.29) is 12.1 Å². The normalized spacial score (nSPS) is 19.0. The molecule has 1 aliphatic heterocycles. The van der Waals surface area contributed by atoms with Crippen molar-refractivity contribution in [2.75, 3.05) is 13.1 Å². The number of aryl methyl sites for hydroxylation is 1. The predicted molar refractivity (Wildman–Crippen MR) is 98.7 cm³/mol. The molecule has 2 aromatic rings. The van der Waals surface area contributed by atoms with E-state index < -0.39 is 10.0 Å². The monoisotopic (exact) mass is 378 g/mol. The summed E-state index contributed by atoms with van der Waals surface area (Å²) in [6.45, 7) is 8.42. The van der Waals surface area contributed by atoms with Gasteiger partial charge in [-0.05, 0) is 52.7 Å². The van der Waals surface area contributed by atoms with Crippen LogP contribution in [0, 0.1) is 13.8 Å². The van der Waals surface area contributed by atoms with Crippen molar-refractivity contribution in [2.24, 2.45) is 0 Å². The average molecular weight is 378 g/mol. The molecule has 2 aromatic heterocycles. The maximum atomic E-state index is 13.3. The Kier molecular flexibility index (Phi) is 5.34. The van der Waals surface area contributed by atoms with Crippen LogP contribution < -0.4 is 4.74 Å². The zero-order valence-electron chi connectivity index (χ0n) is 15.7. The Bertz CT molecular complexity index is 862. The maximum absolute atomic E-state index is 13.3. The van der Waals surface area contributed by atoms with E-state index in [0.29, 0.717) is 35.1 Å². The average Bonchev–Trinajstić information content (AvgIpc) is 2.91. The van der Waals surface area contributed by atoms with Gasteiger partial charge in [-0.3, -0.25) is 9.67 Å². The summed E-state index contributed by atoms with van der Waals surface area (Å²) in [5.74, 6) is 0.712. The second-order valence-corrected chi connectivity index (χ2v) is 8.84. The van der Waals surface area contributed by atoms with Crippen LogP contribution in [0.2, 0.25) is 0 Å². The van der Waals surface area contributed by atoms with Crippen molar-refractivity contribution in [3.63, 3.8) is 0 Å². The summed E-state index contributed by atoms with van der Waals surface area (Å²) in [5.41, 5.74) is 1.24. The summed E-state index contributed by atoms with van der Waals surface area (Å²) in [7, 11) is -3.60. The van der Waals surface area contributed by atoms with Crippen molar-refractivity contribution in [3.05, 3.63) is 35.9 Å². The molecule has 26 heavy (non-hydrogen) atoms. The number of piperidine rings is 1. The Morgan fingerprint density at radius 3 is 2.54 bits per heavy atom. The van der Waals surface area contributed by atoms with Crippen molar-refractivity contribution in [1.29, 1.82) is 0 Å². The second kappa shape index (κ2) is 7.36. The van der Waals surface area contributed by atoms with Gasteiger partial charge in [0.1, 0.15) is 16.7 Å². The number of pyridine rings is 1. The SMILES string of the molecule is Cc1nn(C(C)C)c(C)c1S(=O)(=O)N1CCCC(Oc2ccncc2)C1. The van der Waals surface area contributed by atoms with Gasteiger partial charge in [-0.15, -0.1) is 0 Å². The van der Waals surface area contributed by atoms with Gasteiger partial charge in [0.2, 0.25) is 10.0 Å². The molecule has 0 bridgehead atoms. The van der Waals surface area contributed by atoms with Gasteiger partial charge in [0.05, 0.1) is 17.9 Å². The number of sulfonamides is 1. The zero-order valence-corrected chi connectivity index (χ0v) is 16.5. The number of hydrogen-bond donors (Lipinski definition) is 0. The largest absolute Gasteiger partial charge is 0.489 e. The first-order chi connectivity index (χ1) is 12.3. The number of ether oxygens (including phenoxy) is 1. The molecular formula is C18H26N4O3S. The molecule has 0 amide bonds. The van der Waals surface area contributed by atoms with Gasteiger partial charge in [-0.2, -0.15) is 9.40 Å². The van der Waals surface area contributed by atoms with E-state index in [2.05, 4.69) is 10.1 Å². The molecule has 0 N–H and O–H groups in total. The number of hydrogen-bond acceptors (Lipinski definition) is 5. The van der Waals surface area contributed by atoms with Crippen LogP contribution in [0.15, 0.2) is 29.4 Å². The van der Waals surface area contributed by atoms with Crippen LogP contribution in [-0.4, -0.2) is 46.7 Å². The van der Waals surface area contributed by atoms with Gasteiger partial charge < -0.3 is 4.74 Å². The lowest BCUT2D eigenvalue weighted by molar-refractivity contribution is 0.129. The predicted octanol–water partition coefficient (Wildman–Crippen LogP) is 2.71. The molecule has 3 rings (SSSR count). The Morgan fingerprint density at radius 2 is 1.92 bits per heavy atom. The standard InChI is InChI=1S/C18H26N4O3S/c1-13(2)22-15(4)18(14(3)20-22)26(23,24)21-11-5-6-17(12-21)25-16-7-9-19-10-8-16/h7-10,13,17H,5-6,11-12H2,1-4H3. The maximum Gasteiger partial charge on any atom is 0.246 e. The molecule has 0 aliphatic carbocycles. The van der Waals surface area contributed by atoms with Crippen LogP contribution in [0.3, 0.4) is 0 Å². The molecule has 7 nitrogen and oxygen atoms in total. The van der Waals surface area contributed by atoms with Crippen molar-refractivity contribution < 1.29 is 13.2 Å². The molecule has 0 saturated carbocycles. The number of rotatable bonds is 5. The summed E-state index contributed by atoms with van der Waals surface area (Å²) in [6.07, 6.45) is 4.77. The summed E-state index contributed by atoms with van der Waals surface area (Å²) < 4.78 is 35.8. The highest BCUT2D eigenvalue weighted by Gasteiger charge is 2.35. The fourth-order valence-corrected chi connectivity index (χ4v) is 5.35. The van der Waals surface area contributed by atoms with Gasteiger partial charge >= 0.3 is 0 Å². The molecule has 3 heterocycles. The van der Waals surface area contributed by atoms with Crippen molar-refractivity contribution in [1.82, 2.24) is 19.1 Å². The van der Waals surface area contributed by atoms with Gasteiger partial charge in [0.15, 0.2) is 0 Å². The van der Waals surface area contributed by atoms with E-state index >= 15 is 0 Å². The molecule has 1 saturated heterocycles. The Labute approximate surface area is 155 Å². The Hall–Kier alpha value is -1.93. The fourth-order valence-electron chi connectivity index (χ4n) is 3.48. The van der Waals surface area contributed by atoms with Crippen LogP contribution in [0.4, 0.5) is 0 Å². The van der Waals surface area contributed by atoms with Crippen LogP contribution in [0.1, 0.15) is 44.1 Å². The molecule has 1 atom stereocenters. The third kappa shape index (κ3) is 3.61. The summed E-state index contributed by atoms with van der Waals surface area (Å²) in [6, 6.07) is 3.69. The summed E-state index contributed by atoms with van der Waals surface area (Å²) in [4.78, 5) is 4.30. The topological polar surface area (TPSA) is 77.3 Å². The Balaban J connectivity index is 1.83. The van der Waals surface area contributed by atoms with Crippen molar-refractivity contribution >= 4 is 10.0 Å². The van der Waals surface area contributed by atoms with E-state index in [9.17, 15) is 8.42 Å². The summed E-state index contributed by atoms with van der Waals surface area (Å²) in [5, 5.41) is 4.43. The van der Waals surface area contributed by atoms with Gasteiger partial charge in [0, 0.05) is 25.0 Å². The first-order valence-corrected chi connectivity index (χ1v) is 10.4. The number of nitrogens with zero attached hydrogens (tertiary/aromatic N) is 4. The fraction of sp³-hybridized carbons (Fsp3) is 0.556. The quantitative estimate of drug-likeness (QED) is 0.799. The number of aromatic nitrogens is 3. The molecule has 8 heteroatoms. The van der Waals surface area contributed by atoms with Gasteiger partial charge in [0.25, 0.3) is 0 Å². The van der Waals surface area contributed by atoms with E-state index in [0.717, 1.165) is 12.8 Å². The highest BCUT2D eigenvalue weighted by atomic mass is 32.2. The smallest absolute Gasteiger partial charge is 0.246 e. The highest BCUT2D eigenvalue weighted by Crippen LogP contribution is 2.28. The molecule has 1 fully saturated rings. The minimum Gasteiger partial charge on any atom is -0.489 e. The molecule has 0 spiro atoms. The van der Waals surface area contributed by atoms with E-state index in [1.807, 2.05) is 20.8 Å². The van der Waals surface area contributed by atoms with Crippen molar-refractivity contribution in [3.8, 4) is 5.75 Å². The first kappa shape index (κ1) is 18.8. The molecule has 142 valence electrons. The van der Waals surface area contributed by atoms with E-state index in [1.54, 1.807) is 36.1 Å². The lowest BCUT2D eigenvalue weighted by Gasteiger charge is -2.32. The molecule has 1 aliphatic rings. The molecular weight excluding hydrogens is 352 g/mol. The second-order valence-electron chi connectivity index (χ2n) is 6.97. The molecule has 0 radical (unpaired) electrons. The molecule has 1 unspecified atom stereocenters. The van der Waals surface area contributed by atoms with E-state index in [1.165, 1.54) is 4.31 Å². The minimum absolute atomic E-state index is 0.113. The van der Waals surface area contributed by atoms with Gasteiger partial charge in [-0.25, -0.2) is 8.42 Å². The van der Waals surface area contributed by atoms with Crippen LogP contribution in [0.5, 0.6) is 5.75 Å². The Morgan fingerprint density at radius 1 is 1.23 bits per heavy atom. The lowest BCUT2D eigenvalue weighted by Crippen LogP contribution is -2.44. The van der Waals surface area contributed by atoms with Crippen LogP contribution in [-0.2, 0) is 10.0 Å². The minimum atomic E-state index is -3.60.